The molecule has 1 aromatic carbocycles. The van der Waals surface area contributed by atoms with Crippen LogP contribution < -0.4 is 5.32 Å². The van der Waals surface area contributed by atoms with E-state index in [1.807, 2.05) is 29.7 Å². The van der Waals surface area contributed by atoms with E-state index in [1.165, 1.54) is 5.39 Å². The van der Waals surface area contributed by atoms with Gasteiger partial charge in [0, 0.05) is 30.1 Å². The van der Waals surface area contributed by atoms with Gasteiger partial charge in [0.1, 0.15) is 6.54 Å². The Labute approximate surface area is 129 Å². The number of thioether (sulfide) groups is 1. The second kappa shape index (κ2) is 8.10. The van der Waals surface area contributed by atoms with E-state index < -0.39 is 0 Å². The summed E-state index contributed by atoms with van der Waals surface area (Å²) in [4.78, 5) is 12.0. The van der Waals surface area contributed by atoms with Crippen LogP contribution in [0.3, 0.4) is 0 Å². The van der Waals surface area contributed by atoms with Crippen molar-refractivity contribution >= 4 is 28.6 Å². The van der Waals surface area contributed by atoms with Crippen molar-refractivity contribution in [2.75, 3.05) is 24.7 Å². The number of hydrogen-bond acceptors (Lipinski definition) is 3. The first-order valence-corrected chi connectivity index (χ1v) is 8.38. The molecule has 0 aliphatic carbocycles. The van der Waals surface area contributed by atoms with Gasteiger partial charge in [0.15, 0.2) is 0 Å². The predicted octanol–water partition coefficient (Wildman–Crippen LogP) is 2.18. The lowest BCUT2D eigenvalue weighted by atomic mass is 10.2. The third kappa shape index (κ3) is 4.51. The standard InChI is InChI=1S/C16H22N2O2S/c1-13-11-14-5-2-3-6-15(14)18(13)12-16(20)17-7-10-21-9-4-8-19/h2-3,5-6,11,19H,4,7-10,12H2,1H3,(H,17,20). The van der Waals surface area contributed by atoms with Gasteiger partial charge >= 0.3 is 0 Å². The molecule has 2 rings (SSSR count). The highest BCUT2D eigenvalue weighted by atomic mass is 32.2. The van der Waals surface area contributed by atoms with Gasteiger partial charge in [-0.05, 0) is 36.6 Å². The number of carbonyl (C=O) groups is 1. The zero-order chi connectivity index (χ0) is 15.1. The van der Waals surface area contributed by atoms with Crippen molar-refractivity contribution in [3.8, 4) is 0 Å². The van der Waals surface area contributed by atoms with Gasteiger partial charge in [-0.25, -0.2) is 0 Å². The summed E-state index contributed by atoms with van der Waals surface area (Å²) in [5.41, 5.74) is 2.20. The minimum absolute atomic E-state index is 0.0437. The maximum atomic E-state index is 12.0. The van der Waals surface area contributed by atoms with E-state index in [-0.39, 0.29) is 12.5 Å². The van der Waals surface area contributed by atoms with Crippen molar-refractivity contribution in [2.45, 2.75) is 19.9 Å². The van der Waals surface area contributed by atoms with Crippen LogP contribution in [-0.4, -0.2) is 40.2 Å². The Balaban J connectivity index is 1.83. The van der Waals surface area contributed by atoms with Gasteiger partial charge in [0.05, 0.1) is 0 Å². The number of para-hydroxylation sites is 1. The van der Waals surface area contributed by atoms with Gasteiger partial charge in [-0.1, -0.05) is 18.2 Å². The van der Waals surface area contributed by atoms with Crippen LogP contribution >= 0.6 is 11.8 Å². The molecule has 0 fully saturated rings. The Morgan fingerprint density at radius 2 is 2.14 bits per heavy atom. The van der Waals surface area contributed by atoms with Crippen molar-refractivity contribution in [1.29, 1.82) is 0 Å². The molecule has 0 saturated heterocycles. The number of aryl methyl sites for hydroxylation is 1. The number of nitrogens with one attached hydrogen (secondary N) is 1. The molecular weight excluding hydrogens is 284 g/mol. The molecule has 21 heavy (non-hydrogen) atoms. The summed E-state index contributed by atoms with van der Waals surface area (Å²) in [6.45, 7) is 3.30. The van der Waals surface area contributed by atoms with Gasteiger partial charge in [-0.15, -0.1) is 0 Å². The van der Waals surface area contributed by atoms with E-state index in [1.54, 1.807) is 11.8 Å². The average Bonchev–Trinajstić information content (AvgIpc) is 2.79. The molecule has 0 saturated carbocycles. The molecule has 0 atom stereocenters. The van der Waals surface area contributed by atoms with Gasteiger partial charge in [0.2, 0.25) is 5.91 Å². The van der Waals surface area contributed by atoms with Crippen molar-refractivity contribution in [3.63, 3.8) is 0 Å². The van der Waals surface area contributed by atoms with E-state index in [2.05, 4.69) is 17.4 Å². The molecule has 0 unspecified atom stereocenters. The Kier molecular flexibility index (Phi) is 6.14. The van der Waals surface area contributed by atoms with E-state index >= 15 is 0 Å². The van der Waals surface area contributed by atoms with E-state index in [9.17, 15) is 4.79 Å². The number of aromatic nitrogens is 1. The summed E-state index contributed by atoms with van der Waals surface area (Å²) in [7, 11) is 0. The third-order valence-electron chi connectivity index (χ3n) is 3.33. The van der Waals surface area contributed by atoms with Crippen LogP contribution in [0.25, 0.3) is 10.9 Å². The molecule has 0 aliphatic rings. The second-order valence-electron chi connectivity index (χ2n) is 4.97. The Morgan fingerprint density at radius 3 is 2.95 bits per heavy atom. The zero-order valence-corrected chi connectivity index (χ0v) is 13.2. The fraction of sp³-hybridized carbons (Fsp3) is 0.438. The smallest absolute Gasteiger partial charge is 0.239 e. The molecule has 0 radical (unpaired) electrons. The number of fused-ring (bicyclic) bond motifs is 1. The van der Waals surface area contributed by atoms with E-state index in [0.717, 1.165) is 29.1 Å². The van der Waals surface area contributed by atoms with Crippen molar-refractivity contribution in [1.82, 2.24) is 9.88 Å². The van der Waals surface area contributed by atoms with Crippen LogP contribution in [0.5, 0.6) is 0 Å². The number of hydrogen-bond donors (Lipinski definition) is 2. The number of amides is 1. The summed E-state index contributed by atoms with van der Waals surface area (Å²) >= 11 is 1.75. The minimum Gasteiger partial charge on any atom is -0.396 e. The van der Waals surface area contributed by atoms with Crippen LogP contribution in [0.15, 0.2) is 30.3 Å². The van der Waals surface area contributed by atoms with Gasteiger partial charge < -0.3 is 15.0 Å². The number of aliphatic hydroxyl groups is 1. The van der Waals surface area contributed by atoms with Crippen LogP contribution in [0.2, 0.25) is 0 Å². The topological polar surface area (TPSA) is 54.3 Å². The summed E-state index contributed by atoms with van der Waals surface area (Å²) < 4.78 is 2.05. The lowest BCUT2D eigenvalue weighted by Gasteiger charge is -2.09. The molecule has 2 N–H and O–H groups in total. The first kappa shape index (κ1) is 15.9. The number of benzene rings is 1. The Hall–Kier alpha value is -1.46. The highest BCUT2D eigenvalue weighted by Crippen LogP contribution is 2.18. The highest BCUT2D eigenvalue weighted by Gasteiger charge is 2.08. The molecular formula is C16H22N2O2S. The van der Waals surface area contributed by atoms with Gasteiger partial charge in [0.25, 0.3) is 0 Å². The molecule has 1 amide bonds. The van der Waals surface area contributed by atoms with Crippen LogP contribution in [0, 0.1) is 6.92 Å². The fourth-order valence-corrected chi connectivity index (χ4v) is 3.07. The quantitative estimate of drug-likeness (QED) is 0.735. The van der Waals surface area contributed by atoms with Crippen molar-refractivity contribution in [2.24, 2.45) is 0 Å². The third-order valence-corrected chi connectivity index (χ3v) is 4.40. The van der Waals surface area contributed by atoms with Crippen LogP contribution in [0.4, 0.5) is 0 Å². The summed E-state index contributed by atoms with van der Waals surface area (Å²) in [6, 6.07) is 10.2. The van der Waals surface area contributed by atoms with E-state index in [4.69, 9.17) is 5.11 Å². The van der Waals surface area contributed by atoms with Crippen molar-refractivity contribution < 1.29 is 9.90 Å². The van der Waals surface area contributed by atoms with Crippen LogP contribution in [0.1, 0.15) is 12.1 Å². The van der Waals surface area contributed by atoms with Gasteiger partial charge in [-0.2, -0.15) is 11.8 Å². The van der Waals surface area contributed by atoms with Crippen molar-refractivity contribution in [3.05, 3.63) is 36.0 Å². The second-order valence-corrected chi connectivity index (χ2v) is 6.19. The summed E-state index contributed by atoms with van der Waals surface area (Å²) in [5.74, 6) is 1.87. The van der Waals surface area contributed by atoms with E-state index in [0.29, 0.717) is 13.1 Å². The fourth-order valence-electron chi connectivity index (χ4n) is 2.29. The maximum Gasteiger partial charge on any atom is 0.239 e. The molecule has 5 heteroatoms. The summed E-state index contributed by atoms with van der Waals surface area (Å²) in [6.07, 6.45) is 0.813. The number of nitrogens with zero attached hydrogens (tertiary/aromatic N) is 1. The monoisotopic (exact) mass is 306 g/mol. The predicted molar refractivity (Wildman–Crippen MR) is 88.7 cm³/mol. The SMILES string of the molecule is Cc1cc2ccccc2n1CC(=O)NCCSCCCO. The Morgan fingerprint density at radius 1 is 1.33 bits per heavy atom. The lowest BCUT2D eigenvalue weighted by Crippen LogP contribution is -2.29. The molecule has 1 aromatic heterocycles. The minimum atomic E-state index is 0.0437. The average molecular weight is 306 g/mol. The zero-order valence-electron chi connectivity index (χ0n) is 12.3. The molecule has 1 heterocycles. The largest absolute Gasteiger partial charge is 0.396 e. The van der Waals surface area contributed by atoms with Gasteiger partial charge in [-0.3, -0.25) is 4.79 Å². The van der Waals surface area contributed by atoms with Crippen LogP contribution in [-0.2, 0) is 11.3 Å². The molecule has 0 spiro atoms. The number of aliphatic hydroxyl groups excluding tert-OH is 1. The number of carbonyl (C=O) groups excluding carboxylic acids is 1. The Bertz CT molecular complexity index is 595. The molecule has 4 nitrogen and oxygen atoms in total. The summed E-state index contributed by atoms with van der Waals surface area (Å²) in [5, 5.41) is 12.8. The molecule has 0 bridgehead atoms. The molecule has 114 valence electrons. The first-order chi connectivity index (χ1) is 10.2. The molecule has 0 aliphatic heterocycles. The first-order valence-electron chi connectivity index (χ1n) is 7.22. The highest BCUT2D eigenvalue weighted by molar-refractivity contribution is 7.99. The normalized spacial score (nSPS) is 11.0. The number of rotatable bonds is 8. The lowest BCUT2D eigenvalue weighted by molar-refractivity contribution is -0.121. The molecule has 2 aromatic rings. The maximum absolute atomic E-state index is 12.0.